The maximum Gasteiger partial charge on any atom is 0.251 e. The van der Waals surface area contributed by atoms with Crippen LogP contribution in [-0.4, -0.2) is 39.1 Å². The molecule has 0 spiro atoms. The summed E-state index contributed by atoms with van der Waals surface area (Å²) in [6, 6.07) is 12.6. The van der Waals surface area contributed by atoms with E-state index in [0.29, 0.717) is 35.8 Å². The minimum absolute atomic E-state index is 0.121. The van der Waals surface area contributed by atoms with Gasteiger partial charge in [0, 0.05) is 25.6 Å². The Bertz CT molecular complexity index is 789. The van der Waals surface area contributed by atoms with Crippen molar-refractivity contribution in [1.82, 2.24) is 5.32 Å². The van der Waals surface area contributed by atoms with Crippen LogP contribution in [0.3, 0.4) is 0 Å². The molecule has 0 fully saturated rings. The highest BCUT2D eigenvalue weighted by Gasteiger charge is 2.17. The molecule has 0 aliphatic rings. The lowest BCUT2D eigenvalue weighted by molar-refractivity contribution is -0.116. The van der Waals surface area contributed by atoms with Crippen LogP contribution in [0.2, 0.25) is 0 Å². The van der Waals surface area contributed by atoms with E-state index in [9.17, 15) is 9.59 Å². The number of ether oxygens (including phenoxy) is 2. The van der Waals surface area contributed by atoms with Gasteiger partial charge < -0.3 is 19.7 Å². The van der Waals surface area contributed by atoms with Crippen LogP contribution in [0.1, 0.15) is 22.8 Å². The molecule has 26 heavy (non-hydrogen) atoms. The van der Waals surface area contributed by atoms with E-state index >= 15 is 0 Å². The molecule has 1 N–H and O–H groups in total. The first-order valence-electron chi connectivity index (χ1n) is 8.31. The Morgan fingerprint density at radius 3 is 2.50 bits per heavy atom. The molecular formula is C20H24N2O4. The standard InChI is InChI=1S/C20H24N2O4/c1-14-8-9-19(26-4)18(12-14)22(15(2)23)11-10-21-20(24)16-6-5-7-17(13-16)25-3/h5-9,12-13H,10-11H2,1-4H3,(H,21,24). The second-order valence-electron chi connectivity index (χ2n) is 5.83. The topological polar surface area (TPSA) is 67.9 Å². The number of carbonyl (C=O) groups excluding carboxylic acids is 2. The van der Waals surface area contributed by atoms with E-state index in [4.69, 9.17) is 9.47 Å². The summed E-state index contributed by atoms with van der Waals surface area (Å²) >= 11 is 0. The Kier molecular flexibility index (Phi) is 6.60. The summed E-state index contributed by atoms with van der Waals surface area (Å²) in [6.07, 6.45) is 0. The molecule has 138 valence electrons. The molecule has 6 nitrogen and oxygen atoms in total. The van der Waals surface area contributed by atoms with E-state index in [0.717, 1.165) is 5.56 Å². The van der Waals surface area contributed by atoms with Crippen molar-refractivity contribution in [3.8, 4) is 11.5 Å². The molecule has 2 amide bonds. The number of nitrogens with zero attached hydrogens (tertiary/aromatic N) is 1. The van der Waals surface area contributed by atoms with Crippen LogP contribution in [0, 0.1) is 6.92 Å². The highest BCUT2D eigenvalue weighted by molar-refractivity contribution is 5.95. The first-order valence-corrected chi connectivity index (χ1v) is 8.31. The van der Waals surface area contributed by atoms with Crippen LogP contribution >= 0.6 is 0 Å². The Balaban J connectivity index is 2.06. The van der Waals surface area contributed by atoms with Crippen LogP contribution in [0.15, 0.2) is 42.5 Å². The Labute approximate surface area is 153 Å². The summed E-state index contributed by atoms with van der Waals surface area (Å²) in [5.41, 5.74) is 2.22. The molecule has 0 radical (unpaired) electrons. The third-order valence-electron chi connectivity index (χ3n) is 3.96. The van der Waals surface area contributed by atoms with Crippen LogP contribution < -0.4 is 19.7 Å². The molecule has 0 aromatic heterocycles. The maximum atomic E-state index is 12.3. The van der Waals surface area contributed by atoms with Crippen molar-refractivity contribution in [3.05, 3.63) is 53.6 Å². The number of hydrogen-bond donors (Lipinski definition) is 1. The fourth-order valence-electron chi connectivity index (χ4n) is 2.61. The third-order valence-corrected chi connectivity index (χ3v) is 3.96. The largest absolute Gasteiger partial charge is 0.497 e. The van der Waals surface area contributed by atoms with Crippen molar-refractivity contribution >= 4 is 17.5 Å². The van der Waals surface area contributed by atoms with Gasteiger partial charge in [0.05, 0.1) is 19.9 Å². The van der Waals surface area contributed by atoms with Gasteiger partial charge in [0.25, 0.3) is 5.91 Å². The molecular weight excluding hydrogens is 332 g/mol. The zero-order chi connectivity index (χ0) is 19.1. The maximum absolute atomic E-state index is 12.3. The fourth-order valence-corrected chi connectivity index (χ4v) is 2.61. The lowest BCUT2D eigenvalue weighted by atomic mass is 10.2. The minimum Gasteiger partial charge on any atom is -0.497 e. The van der Waals surface area contributed by atoms with Crippen LogP contribution in [0.4, 0.5) is 5.69 Å². The summed E-state index contributed by atoms with van der Waals surface area (Å²) in [4.78, 5) is 26.0. The van der Waals surface area contributed by atoms with Gasteiger partial charge in [0.15, 0.2) is 0 Å². The number of methoxy groups -OCH3 is 2. The summed E-state index contributed by atoms with van der Waals surface area (Å²) in [7, 11) is 3.12. The molecule has 0 saturated carbocycles. The second-order valence-corrected chi connectivity index (χ2v) is 5.83. The summed E-state index contributed by atoms with van der Waals surface area (Å²) in [6.45, 7) is 4.09. The number of nitrogens with one attached hydrogen (secondary N) is 1. The smallest absolute Gasteiger partial charge is 0.251 e. The van der Waals surface area contributed by atoms with Gasteiger partial charge in [0.2, 0.25) is 5.91 Å². The minimum atomic E-state index is -0.219. The fraction of sp³-hybridized carbons (Fsp3) is 0.300. The number of benzene rings is 2. The highest BCUT2D eigenvalue weighted by Crippen LogP contribution is 2.29. The van der Waals surface area contributed by atoms with Crippen LogP contribution in [-0.2, 0) is 4.79 Å². The number of hydrogen-bond acceptors (Lipinski definition) is 4. The predicted octanol–water partition coefficient (Wildman–Crippen LogP) is 2.80. The summed E-state index contributed by atoms with van der Waals surface area (Å²) < 4.78 is 10.5. The first kappa shape index (κ1) is 19.3. The lowest BCUT2D eigenvalue weighted by Gasteiger charge is -2.24. The number of aryl methyl sites for hydroxylation is 1. The van der Waals surface area contributed by atoms with Gasteiger partial charge in [-0.2, -0.15) is 0 Å². The Morgan fingerprint density at radius 2 is 1.85 bits per heavy atom. The molecule has 6 heteroatoms. The molecule has 2 aromatic carbocycles. The lowest BCUT2D eigenvalue weighted by Crippen LogP contribution is -2.37. The van der Waals surface area contributed by atoms with E-state index in [-0.39, 0.29) is 11.8 Å². The third kappa shape index (κ3) is 4.75. The quantitative estimate of drug-likeness (QED) is 0.828. The van der Waals surface area contributed by atoms with Gasteiger partial charge in [-0.05, 0) is 42.8 Å². The normalized spacial score (nSPS) is 10.2. The average Bonchev–Trinajstić information content (AvgIpc) is 2.64. The van der Waals surface area contributed by atoms with Gasteiger partial charge in [-0.15, -0.1) is 0 Å². The van der Waals surface area contributed by atoms with E-state index in [1.54, 1.807) is 43.4 Å². The molecule has 0 saturated heterocycles. The molecule has 2 aromatic rings. The number of amides is 2. The zero-order valence-corrected chi connectivity index (χ0v) is 15.5. The van der Waals surface area contributed by atoms with Gasteiger partial charge in [-0.25, -0.2) is 0 Å². The van der Waals surface area contributed by atoms with Gasteiger partial charge in [-0.3, -0.25) is 9.59 Å². The van der Waals surface area contributed by atoms with E-state index < -0.39 is 0 Å². The SMILES string of the molecule is COc1cccc(C(=O)NCCN(C(C)=O)c2cc(C)ccc2OC)c1. The molecule has 0 unspecified atom stereocenters. The number of anilines is 1. The van der Waals surface area contributed by atoms with Gasteiger partial charge in [-0.1, -0.05) is 12.1 Å². The van der Waals surface area contributed by atoms with Crippen molar-refractivity contribution < 1.29 is 19.1 Å². The van der Waals surface area contributed by atoms with Crippen molar-refractivity contribution in [3.63, 3.8) is 0 Å². The van der Waals surface area contributed by atoms with Gasteiger partial charge >= 0.3 is 0 Å². The molecule has 0 aliphatic heterocycles. The average molecular weight is 356 g/mol. The van der Waals surface area contributed by atoms with E-state index in [2.05, 4.69) is 5.32 Å². The molecule has 0 atom stereocenters. The van der Waals surface area contributed by atoms with Crippen molar-refractivity contribution in [2.24, 2.45) is 0 Å². The van der Waals surface area contributed by atoms with E-state index in [1.165, 1.54) is 6.92 Å². The number of rotatable bonds is 7. The van der Waals surface area contributed by atoms with E-state index in [1.807, 2.05) is 25.1 Å². The Hall–Kier alpha value is -3.02. The van der Waals surface area contributed by atoms with Gasteiger partial charge in [0.1, 0.15) is 11.5 Å². The van der Waals surface area contributed by atoms with Crippen molar-refractivity contribution in [1.29, 1.82) is 0 Å². The first-order chi connectivity index (χ1) is 12.5. The van der Waals surface area contributed by atoms with Crippen molar-refractivity contribution in [2.75, 3.05) is 32.2 Å². The van der Waals surface area contributed by atoms with Crippen molar-refractivity contribution in [2.45, 2.75) is 13.8 Å². The highest BCUT2D eigenvalue weighted by atomic mass is 16.5. The summed E-state index contributed by atoms with van der Waals surface area (Å²) in [5.74, 6) is 0.894. The molecule has 0 bridgehead atoms. The summed E-state index contributed by atoms with van der Waals surface area (Å²) in [5, 5.41) is 2.83. The number of carbonyl (C=O) groups is 2. The monoisotopic (exact) mass is 356 g/mol. The molecule has 0 aliphatic carbocycles. The predicted molar refractivity (Wildman–Crippen MR) is 101 cm³/mol. The second kappa shape index (κ2) is 8.89. The zero-order valence-electron chi connectivity index (χ0n) is 15.5. The van der Waals surface area contributed by atoms with Crippen LogP contribution in [0.25, 0.3) is 0 Å². The molecule has 0 heterocycles. The molecule has 2 rings (SSSR count). The van der Waals surface area contributed by atoms with Crippen LogP contribution in [0.5, 0.6) is 11.5 Å². The Morgan fingerprint density at radius 1 is 1.08 bits per heavy atom.